The van der Waals surface area contributed by atoms with E-state index in [-0.39, 0.29) is 5.41 Å². The van der Waals surface area contributed by atoms with E-state index in [0.717, 1.165) is 18.5 Å². The van der Waals surface area contributed by atoms with Gasteiger partial charge in [0.2, 0.25) is 0 Å². The van der Waals surface area contributed by atoms with E-state index in [0.29, 0.717) is 0 Å². The van der Waals surface area contributed by atoms with Crippen LogP contribution in [0.3, 0.4) is 0 Å². The Labute approximate surface area is 97.3 Å². The second-order valence-electron chi connectivity index (χ2n) is 5.33. The molecule has 2 heteroatoms. The molecule has 0 aliphatic rings. The van der Waals surface area contributed by atoms with Gasteiger partial charge in [0.25, 0.3) is 0 Å². The Balaban J connectivity index is 2.68. The van der Waals surface area contributed by atoms with Crippen molar-refractivity contribution >= 4 is 11.0 Å². The maximum Gasteiger partial charge on any atom is 0.115 e. The van der Waals surface area contributed by atoms with Gasteiger partial charge in [0.15, 0.2) is 0 Å². The second kappa shape index (κ2) is 3.93. The number of benzene rings is 1. The number of hydrogen-bond acceptors (Lipinski definition) is 1. The Morgan fingerprint density at radius 2 is 1.88 bits per heavy atom. The minimum absolute atomic E-state index is 0.105. The molecule has 16 heavy (non-hydrogen) atoms. The van der Waals surface area contributed by atoms with Crippen molar-refractivity contribution in [1.82, 2.24) is 9.55 Å². The number of fused-ring (bicyclic) bond motifs is 1. The average Bonchev–Trinajstić information content (AvgIpc) is 2.58. The monoisotopic (exact) mass is 216 g/mol. The number of rotatable bonds is 2. The summed E-state index contributed by atoms with van der Waals surface area (Å²) in [4.78, 5) is 4.77. The molecule has 1 aromatic heterocycles. The molecule has 0 radical (unpaired) electrons. The predicted molar refractivity (Wildman–Crippen MR) is 68.7 cm³/mol. The van der Waals surface area contributed by atoms with E-state index in [2.05, 4.69) is 56.5 Å². The molecule has 2 aromatic rings. The molecule has 0 amide bonds. The van der Waals surface area contributed by atoms with Gasteiger partial charge in [-0.2, -0.15) is 0 Å². The summed E-state index contributed by atoms with van der Waals surface area (Å²) in [6.45, 7) is 9.93. The van der Waals surface area contributed by atoms with Crippen molar-refractivity contribution in [2.75, 3.05) is 0 Å². The molecule has 0 fully saturated rings. The van der Waals surface area contributed by atoms with Crippen molar-refractivity contribution in [1.29, 1.82) is 0 Å². The standard InChI is InChI=1S/C14H20N2/c1-5-10-16-12-9-7-6-8-11(12)15-13(16)14(2,3)4/h6-9H,5,10H2,1-4H3. The summed E-state index contributed by atoms with van der Waals surface area (Å²) in [5.41, 5.74) is 2.48. The number of nitrogens with zero attached hydrogens (tertiary/aromatic N) is 2. The first kappa shape index (κ1) is 11.2. The molecule has 0 saturated heterocycles. The summed E-state index contributed by atoms with van der Waals surface area (Å²) in [5.74, 6) is 1.19. The third-order valence-electron chi connectivity index (χ3n) is 2.77. The summed E-state index contributed by atoms with van der Waals surface area (Å²) in [6, 6.07) is 8.39. The lowest BCUT2D eigenvalue weighted by atomic mass is 9.95. The van der Waals surface area contributed by atoms with Crippen LogP contribution >= 0.6 is 0 Å². The van der Waals surface area contributed by atoms with E-state index in [1.807, 2.05) is 0 Å². The van der Waals surface area contributed by atoms with Gasteiger partial charge in [0.1, 0.15) is 5.82 Å². The fourth-order valence-corrected chi connectivity index (χ4v) is 2.10. The average molecular weight is 216 g/mol. The zero-order valence-electron chi connectivity index (χ0n) is 10.6. The van der Waals surface area contributed by atoms with Crippen LogP contribution in [0.4, 0.5) is 0 Å². The molecule has 0 bridgehead atoms. The molecule has 0 saturated carbocycles. The maximum absolute atomic E-state index is 4.77. The minimum atomic E-state index is 0.105. The lowest BCUT2D eigenvalue weighted by molar-refractivity contribution is 0.501. The molecule has 86 valence electrons. The molecule has 0 aliphatic carbocycles. The molecule has 1 heterocycles. The van der Waals surface area contributed by atoms with Gasteiger partial charge < -0.3 is 4.57 Å². The van der Waals surface area contributed by atoms with Crippen LogP contribution in [-0.4, -0.2) is 9.55 Å². The highest BCUT2D eigenvalue weighted by molar-refractivity contribution is 5.76. The van der Waals surface area contributed by atoms with Gasteiger partial charge in [0, 0.05) is 12.0 Å². The van der Waals surface area contributed by atoms with E-state index < -0.39 is 0 Å². The quantitative estimate of drug-likeness (QED) is 0.747. The van der Waals surface area contributed by atoms with Crippen molar-refractivity contribution in [3.63, 3.8) is 0 Å². The molecule has 2 nitrogen and oxygen atoms in total. The van der Waals surface area contributed by atoms with E-state index in [1.165, 1.54) is 11.3 Å². The zero-order chi connectivity index (χ0) is 11.8. The van der Waals surface area contributed by atoms with Gasteiger partial charge in [-0.05, 0) is 18.6 Å². The van der Waals surface area contributed by atoms with Crippen LogP contribution in [0, 0.1) is 0 Å². The summed E-state index contributed by atoms with van der Waals surface area (Å²) in [6.07, 6.45) is 1.14. The van der Waals surface area contributed by atoms with Crippen LogP contribution in [0.1, 0.15) is 39.9 Å². The number of para-hydroxylation sites is 2. The number of hydrogen-bond donors (Lipinski definition) is 0. The molecule has 0 aliphatic heterocycles. The highest BCUT2D eigenvalue weighted by Crippen LogP contribution is 2.26. The lowest BCUT2D eigenvalue weighted by Gasteiger charge is -2.19. The molecule has 0 atom stereocenters. The largest absolute Gasteiger partial charge is 0.328 e. The van der Waals surface area contributed by atoms with Gasteiger partial charge >= 0.3 is 0 Å². The Hall–Kier alpha value is -1.31. The number of aryl methyl sites for hydroxylation is 1. The first-order chi connectivity index (χ1) is 7.54. The van der Waals surface area contributed by atoms with E-state index in [4.69, 9.17) is 4.98 Å². The van der Waals surface area contributed by atoms with Crippen LogP contribution in [-0.2, 0) is 12.0 Å². The van der Waals surface area contributed by atoms with Crippen molar-refractivity contribution in [3.8, 4) is 0 Å². The maximum atomic E-state index is 4.77. The minimum Gasteiger partial charge on any atom is -0.328 e. The van der Waals surface area contributed by atoms with E-state index >= 15 is 0 Å². The first-order valence-electron chi connectivity index (χ1n) is 6.00. The van der Waals surface area contributed by atoms with E-state index in [9.17, 15) is 0 Å². The normalized spacial score (nSPS) is 12.2. The SMILES string of the molecule is CCCn1c(C(C)(C)C)nc2ccccc21. The second-order valence-corrected chi connectivity index (χ2v) is 5.33. The topological polar surface area (TPSA) is 17.8 Å². The van der Waals surface area contributed by atoms with Gasteiger partial charge in [-0.15, -0.1) is 0 Å². The lowest BCUT2D eigenvalue weighted by Crippen LogP contribution is -2.19. The highest BCUT2D eigenvalue weighted by atomic mass is 15.1. The zero-order valence-corrected chi connectivity index (χ0v) is 10.6. The summed E-state index contributed by atoms with van der Waals surface area (Å²) >= 11 is 0. The Bertz CT molecular complexity index is 489. The molecular weight excluding hydrogens is 196 g/mol. The summed E-state index contributed by atoms with van der Waals surface area (Å²) in [7, 11) is 0. The van der Waals surface area contributed by atoms with Gasteiger partial charge in [0.05, 0.1) is 11.0 Å². The third kappa shape index (κ3) is 1.84. The van der Waals surface area contributed by atoms with Crippen LogP contribution in [0.2, 0.25) is 0 Å². The van der Waals surface area contributed by atoms with E-state index in [1.54, 1.807) is 0 Å². The first-order valence-corrected chi connectivity index (χ1v) is 6.00. The highest BCUT2D eigenvalue weighted by Gasteiger charge is 2.22. The van der Waals surface area contributed by atoms with Crippen molar-refractivity contribution in [2.24, 2.45) is 0 Å². The summed E-state index contributed by atoms with van der Waals surface area (Å²) in [5, 5.41) is 0. The fourth-order valence-electron chi connectivity index (χ4n) is 2.10. The Morgan fingerprint density at radius 3 is 2.50 bits per heavy atom. The van der Waals surface area contributed by atoms with Crippen molar-refractivity contribution < 1.29 is 0 Å². The van der Waals surface area contributed by atoms with Crippen LogP contribution in [0.5, 0.6) is 0 Å². The van der Waals surface area contributed by atoms with Crippen molar-refractivity contribution in [2.45, 2.75) is 46.1 Å². The molecular formula is C14H20N2. The Morgan fingerprint density at radius 1 is 1.19 bits per heavy atom. The van der Waals surface area contributed by atoms with Crippen LogP contribution in [0.15, 0.2) is 24.3 Å². The fraction of sp³-hybridized carbons (Fsp3) is 0.500. The Kier molecular flexibility index (Phi) is 2.75. The van der Waals surface area contributed by atoms with Crippen molar-refractivity contribution in [3.05, 3.63) is 30.1 Å². The van der Waals surface area contributed by atoms with Gasteiger partial charge in [-0.25, -0.2) is 4.98 Å². The number of aromatic nitrogens is 2. The molecule has 2 rings (SSSR count). The number of imidazole rings is 1. The van der Waals surface area contributed by atoms with Gasteiger partial charge in [-0.1, -0.05) is 39.8 Å². The molecule has 0 unspecified atom stereocenters. The van der Waals surface area contributed by atoms with Gasteiger partial charge in [-0.3, -0.25) is 0 Å². The van der Waals surface area contributed by atoms with Crippen LogP contribution in [0.25, 0.3) is 11.0 Å². The van der Waals surface area contributed by atoms with Crippen LogP contribution < -0.4 is 0 Å². The smallest absolute Gasteiger partial charge is 0.115 e. The molecule has 0 spiro atoms. The molecule has 0 N–H and O–H groups in total. The predicted octanol–water partition coefficient (Wildman–Crippen LogP) is 3.74. The summed E-state index contributed by atoms with van der Waals surface area (Å²) < 4.78 is 2.36. The molecule has 1 aromatic carbocycles. The third-order valence-corrected chi connectivity index (χ3v) is 2.77.